The van der Waals surface area contributed by atoms with Crippen LogP contribution in [0.4, 0.5) is 0 Å². The Kier molecular flexibility index (Phi) is 7.79. The fourth-order valence-electron chi connectivity index (χ4n) is 4.67. The number of unbranched alkanes of at least 4 members (excludes halogenated alkanes) is 1. The SMILES string of the molecule is CCCCOc1ccc(C[NH+]2CCc3cc(OC)c(OC)cc3[C@H]2c2cccc(Cl)c2)cc1. The van der Waals surface area contributed by atoms with Crippen molar-refractivity contribution in [3.8, 4) is 17.2 Å². The zero-order valence-electron chi connectivity index (χ0n) is 19.7. The van der Waals surface area contributed by atoms with Crippen molar-refractivity contribution in [2.24, 2.45) is 0 Å². The first-order valence-corrected chi connectivity index (χ1v) is 12.1. The molecule has 33 heavy (non-hydrogen) atoms. The maximum atomic E-state index is 6.41. The van der Waals surface area contributed by atoms with E-state index >= 15 is 0 Å². The van der Waals surface area contributed by atoms with Gasteiger partial charge in [0.1, 0.15) is 18.3 Å². The van der Waals surface area contributed by atoms with Crippen LogP contribution in [-0.4, -0.2) is 27.4 Å². The van der Waals surface area contributed by atoms with Crippen LogP contribution in [0.25, 0.3) is 0 Å². The monoisotopic (exact) mass is 466 g/mol. The van der Waals surface area contributed by atoms with Gasteiger partial charge in [-0.05, 0) is 60.5 Å². The lowest BCUT2D eigenvalue weighted by Gasteiger charge is -2.35. The van der Waals surface area contributed by atoms with E-state index in [-0.39, 0.29) is 6.04 Å². The first-order valence-electron chi connectivity index (χ1n) is 11.7. The van der Waals surface area contributed by atoms with Crippen molar-refractivity contribution in [1.82, 2.24) is 0 Å². The zero-order valence-corrected chi connectivity index (χ0v) is 20.5. The summed E-state index contributed by atoms with van der Waals surface area (Å²) in [6, 6.07) is 21.2. The summed E-state index contributed by atoms with van der Waals surface area (Å²) in [5.74, 6) is 2.48. The first-order chi connectivity index (χ1) is 16.1. The van der Waals surface area contributed by atoms with Crippen LogP contribution in [0.2, 0.25) is 5.02 Å². The molecule has 4 rings (SSSR count). The molecular weight excluding hydrogens is 434 g/mol. The van der Waals surface area contributed by atoms with Crippen molar-refractivity contribution in [2.45, 2.75) is 38.8 Å². The van der Waals surface area contributed by atoms with Gasteiger partial charge >= 0.3 is 0 Å². The van der Waals surface area contributed by atoms with Crippen molar-refractivity contribution in [2.75, 3.05) is 27.4 Å². The topological polar surface area (TPSA) is 32.1 Å². The van der Waals surface area contributed by atoms with Crippen LogP contribution in [0.3, 0.4) is 0 Å². The fourth-order valence-corrected chi connectivity index (χ4v) is 4.87. The third-order valence-corrected chi connectivity index (χ3v) is 6.62. The molecule has 3 aromatic carbocycles. The molecule has 0 aliphatic carbocycles. The second-order valence-electron chi connectivity index (χ2n) is 8.58. The molecule has 1 N–H and O–H groups in total. The van der Waals surface area contributed by atoms with Crippen LogP contribution < -0.4 is 19.1 Å². The molecule has 1 aliphatic heterocycles. The maximum absolute atomic E-state index is 6.41. The average molecular weight is 467 g/mol. The molecule has 0 spiro atoms. The number of quaternary nitrogens is 1. The summed E-state index contributed by atoms with van der Waals surface area (Å²) in [7, 11) is 3.38. The predicted octanol–water partition coefficient (Wildman–Crippen LogP) is 5.27. The van der Waals surface area contributed by atoms with E-state index < -0.39 is 0 Å². The van der Waals surface area contributed by atoms with Gasteiger partial charge in [-0.15, -0.1) is 0 Å². The summed E-state index contributed by atoms with van der Waals surface area (Å²) >= 11 is 6.41. The standard InChI is InChI=1S/C28H32ClNO3/c1-4-5-15-33-24-11-9-20(10-12-24)19-30-14-13-21-17-26(31-2)27(32-3)18-25(21)28(30)22-7-6-8-23(29)16-22/h6-12,16-18,28H,4-5,13-15,19H2,1-3H3/p+1/t28-/m1/s1. The minimum absolute atomic E-state index is 0.160. The summed E-state index contributed by atoms with van der Waals surface area (Å²) in [4.78, 5) is 1.48. The highest BCUT2D eigenvalue weighted by Gasteiger charge is 2.34. The lowest BCUT2D eigenvalue weighted by Crippen LogP contribution is -3.12. The molecule has 0 fully saturated rings. The van der Waals surface area contributed by atoms with E-state index in [1.807, 2.05) is 12.1 Å². The highest BCUT2D eigenvalue weighted by atomic mass is 35.5. The Morgan fingerprint density at radius 3 is 2.42 bits per heavy atom. The lowest BCUT2D eigenvalue weighted by molar-refractivity contribution is -0.941. The van der Waals surface area contributed by atoms with E-state index in [0.717, 1.165) is 61.2 Å². The van der Waals surface area contributed by atoms with Gasteiger partial charge in [-0.25, -0.2) is 0 Å². The Labute approximate surface area is 202 Å². The van der Waals surface area contributed by atoms with E-state index in [2.05, 4.69) is 55.5 Å². The molecular formula is C28H33ClNO3+. The Morgan fingerprint density at radius 1 is 0.970 bits per heavy atom. The molecule has 0 aromatic heterocycles. The average Bonchev–Trinajstić information content (AvgIpc) is 2.84. The number of hydrogen-bond donors (Lipinski definition) is 1. The van der Waals surface area contributed by atoms with Gasteiger partial charge in [0, 0.05) is 28.1 Å². The third-order valence-electron chi connectivity index (χ3n) is 6.38. The van der Waals surface area contributed by atoms with Crippen molar-refractivity contribution >= 4 is 11.6 Å². The van der Waals surface area contributed by atoms with Crippen molar-refractivity contribution < 1.29 is 19.1 Å². The molecule has 2 atom stereocenters. The summed E-state index contributed by atoms with van der Waals surface area (Å²) in [5, 5.41) is 0.757. The molecule has 4 nitrogen and oxygen atoms in total. The summed E-state index contributed by atoms with van der Waals surface area (Å²) in [6.07, 6.45) is 3.20. The minimum Gasteiger partial charge on any atom is -0.494 e. The smallest absolute Gasteiger partial charge is 0.161 e. The molecule has 174 valence electrons. The van der Waals surface area contributed by atoms with E-state index in [0.29, 0.717) is 0 Å². The normalized spacial score (nSPS) is 17.3. The molecule has 3 aromatic rings. The van der Waals surface area contributed by atoms with Gasteiger partial charge in [-0.3, -0.25) is 0 Å². The molecule has 0 saturated heterocycles. The van der Waals surface area contributed by atoms with Crippen LogP contribution >= 0.6 is 11.6 Å². The Balaban J connectivity index is 1.65. The van der Waals surface area contributed by atoms with E-state index in [4.69, 9.17) is 25.8 Å². The third kappa shape index (κ3) is 5.45. The molecule has 0 bridgehead atoms. The Morgan fingerprint density at radius 2 is 1.73 bits per heavy atom. The van der Waals surface area contributed by atoms with Crippen LogP contribution in [0.1, 0.15) is 48.1 Å². The van der Waals surface area contributed by atoms with Crippen LogP contribution in [0.15, 0.2) is 60.7 Å². The molecule has 1 heterocycles. The lowest BCUT2D eigenvalue weighted by atomic mass is 9.87. The van der Waals surface area contributed by atoms with Gasteiger partial charge in [-0.1, -0.05) is 37.1 Å². The van der Waals surface area contributed by atoms with Gasteiger partial charge in [0.15, 0.2) is 11.5 Å². The number of benzene rings is 3. The molecule has 1 aliphatic rings. The molecule has 0 saturated carbocycles. The Hall–Kier alpha value is -2.69. The minimum atomic E-state index is 0.160. The zero-order chi connectivity index (χ0) is 23.2. The van der Waals surface area contributed by atoms with Crippen molar-refractivity contribution in [3.05, 3.63) is 87.9 Å². The molecule has 0 radical (unpaired) electrons. The highest BCUT2D eigenvalue weighted by Crippen LogP contribution is 2.36. The number of fused-ring (bicyclic) bond motifs is 1. The van der Waals surface area contributed by atoms with E-state index in [1.54, 1.807) is 14.2 Å². The quantitative estimate of drug-likeness (QED) is 0.436. The van der Waals surface area contributed by atoms with Gasteiger partial charge in [0.25, 0.3) is 0 Å². The summed E-state index contributed by atoms with van der Waals surface area (Å²) < 4.78 is 17.1. The largest absolute Gasteiger partial charge is 0.494 e. The van der Waals surface area contributed by atoms with Crippen molar-refractivity contribution in [1.29, 1.82) is 0 Å². The van der Waals surface area contributed by atoms with E-state index in [1.165, 1.54) is 27.2 Å². The molecule has 0 amide bonds. The van der Waals surface area contributed by atoms with Gasteiger partial charge in [0.05, 0.1) is 27.4 Å². The van der Waals surface area contributed by atoms with E-state index in [9.17, 15) is 0 Å². The van der Waals surface area contributed by atoms with Gasteiger partial charge in [-0.2, -0.15) is 0 Å². The van der Waals surface area contributed by atoms with Gasteiger partial charge in [0.2, 0.25) is 0 Å². The summed E-state index contributed by atoms with van der Waals surface area (Å²) in [6.45, 7) is 4.88. The number of rotatable bonds is 9. The Bertz CT molecular complexity index is 1070. The first kappa shape index (κ1) is 23.5. The number of halogens is 1. The molecule has 5 heteroatoms. The highest BCUT2D eigenvalue weighted by molar-refractivity contribution is 6.30. The fraction of sp³-hybridized carbons (Fsp3) is 0.357. The number of hydrogen-bond acceptors (Lipinski definition) is 3. The van der Waals surface area contributed by atoms with Crippen molar-refractivity contribution in [3.63, 3.8) is 0 Å². The second-order valence-corrected chi connectivity index (χ2v) is 9.01. The predicted molar refractivity (Wildman–Crippen MR) is 133 cm³/mol. The van der Waals surface area contributed by atoms with Gasteiger partial charge < -0.3 is 19.1 Å². The van der Waals surface area contributed by atoms with Crippen LogP contribution in [0.5, 0.6) is 17.2 Å². The molecule has 1 unspecified atom stereocenters. The maximum Gasteiger partial charge on any atom is 0.161 e. The van der Waals surface area contributed by atoms with Crippen LogP contribution in [0, 0.1) is 0 Å². The number of methoxy groups -OCH3 is 2. The number of nitrogens with one attached hydrogen (secondary N) is 1. The summed E-state index contributed by atoms with van der Waals surface area (Å²) in [5.41, 5.74) is 5.09. The number of ether oxygens (including phenoxy) is 3. The second kappa shape index (κ2) is 11.0. The van der Waals surface area contributed by atoms with Crippen LogP contribution in [-0.2, 0) is 13.0 Å².